The number of aromatic nitrogens is 3. The molecule has 5 rings (SSSR count). The van der Waals surface area contributed by atoms with E-state index in [2.05, 4.69) is 20.4 Å². The van der Waals surface area contributed by atoms with Crippen LogP contribution in [0, 0.1) is 6.92 Å². The molecule has 0 unspecified atom stereocenters. The summed E-state index contributed by atoms with van der Waals surface area (Å²) in [5, 5.41) is 9.63. The molecule has 0 fully saturated rings. The first kappa shape index (κ1) is 15.8. The number of hydrogen-bond acceptors (Lipinski definition) is 8. The number of carbonyl (C=O) groups is 1. The number of nitrogens with one attached hydrogen (secondary N) is 1. The molecule has 0 atom stereocenters. The molecule has 1 N–H and O–H groups in total. The van der Waals surface area contributed by atoms with Crippen LogP contribution in [0.3, 0.4) is 0 Å². The fourth-order valence-corrected chi connectivity index (χ4v) is 3.45. The maximum Gasteiger partial charge on any atom is 0.259 e. The summed E-state index contributed by atoms with van der Waals surface area (Å²) in [6.45, 7) is 1.96. The lowest BCUT2D eigenvalue weighted by atomic mass is 10.0. The van der Waals surface area contributed by atoms with Crippen molar-refractivity contribution < 1.29 is 18.8 Å². The van der Waals surface area contributed by atoms with Crippen LogP contribution in [-0.4, -0.2) is 27.8 Å². The van der Waals surface area contributed by atoms with Gasteiger partial charge in [-0.05, 0) is 31.2 Å². The van der Waals surface area contributed by atoms with Gasteiger partial charge in [-0.3, -0.25) is 10.1 Å². The quantitative estimate of drug-likeness (QED) is 0.579. The van der Waals surface area contributed by atoms with Gasteiger partial charge < -0.3 is 14.0 Å². The van der Waals surface area contributed by atoms with Gasteiger partial charge >= 0.3 is 0 Å². The van der Waals surface area contributed by atoms with Gasteiger partial charge in [-0.15, -0.1) is 11.3 Å². The zero-order valence-electron chi connectivity index (χ0n) is 14.1. The molecular formula is C18H12N4O4S. The summed E-state index contributed by atoms with van der Waals surface area (Å²) >= 11 is 1.34. The molecule has 4 heterocycles. The molecule has 0 aliphatic carbocycles. The molecule has 1 aliphatic rings. The second-order valence-electron chi connectivity index (χ2n) is 5.86. The molecule has 0 saturated carbocycles. The Morgan fingerprint density at radius 2 is 2.11 bits per heavy atom. The second-order valence-corrected chi connectivity index (χ2v) is 6.76. The highest BCUT2D eigenvalue weighted by Crippen LogP contribution is 2.36. The fourth-order valence-electron chi connectivity index (χ4n) is 2.93. The standard InChI is InChI=1S/C18H12N4O4S/c1-9-15-11(16(23)21-18-19-4-5-27-18)7-12(20-17(15)26-22-9)10-2-3-13-14(6-10)25-8-24-13/h2-7H,8H2,1H3,(H,19,21,23). The summed E-state index contributed by atoms with van der Waals surface area (Å²) in [6, 6.07) is 7.20. The fraction of sp³-hybridized carbons (Fsp3) is 0.111. The minimum absolute atomic E-state index is 0.189. The van der Waals surface area contributed by atoms with Crippen LogP contribution >= 0.6 is 11.3 Å². The number of nitrogens with zero attached hydrogens (tertiary/aromatic N) is 3. The molecule has 8 nitrogen and oxygen atoms in total. The Bertz CT molecular complexity index is 1170. The summed E-state index contributed by atoms with van der Waals surface area (Å²) in [5.41, 5.74) is 2.66. The molecule has 0 radical (unpaired) electrons. The topological polar surface area (TPSA) is 99.4 Å². The van der Waals surface area contributed by atoms with Crippen LogP contribution in [0.4, 0.5) is 5.13 Å². The van der Waals surface area contributed by atoms with Gasteiger partial charge in [0, 0.05) is 17.1 Å². The van der Waals surface area contributed by atoms with Crippen molar-refractivity contribution in [2.45, 2.75) is 6.92 Å². The minimum atomic E-state index is -0.300. The highest BCUT2D eigenvalue weighted by atomic mass is 32.1. The Balaban J connectivity index is 1.63. The third kappa shape index (κ3) is 2.68. The number of amides is 1. The molecule has 0 saturated heterocycles. The van der Waals surface area contributed by atoms with Crippen molar-refractivity contribution in [3.63, 3.8) is 0 Å². The molecule has 134 valence electrons. The Morgan fingerprint density at radius 1 is 1.22 bits per heavy atom. The summed E-state index contributed by atoms with van der Waals surface area (Å²) in [5.74, 6) is 1.01. The van der Waals surface area contributed by atoms with Crippen molar-refractivity contribution in [1.82, 2.24) is 15.1 Å². The van der Waals surface area contributed by atoms with E-state index < -0.39 is 0 Å². The van der Waals surface area contributed by atoms with Gasteiger partial charge in [0.2, 0.25) is 6.79 Å². The van der Waals surface area contributed by atoms with Crippen LogP contribution in [0.15, 0.2) is 40.4 Å². The summed E-state index contributed by atoms with van der Waals surface area (Å²) in [6.07, 6.45) is 1.63. The lowest BCUT2D eigenvalue weighted by Gasteiger charge is -2.07. The zero-order chi connectivity index (χ0) is 18.4. The molecule has 3 aromatic heterocycles. The number of fused-ring (bicyclic) bond motifs is 2. The normalized spacial score (nSPS) is 12.5. The van der Waals surface area contributed by atoms with E-state index in [-0.39, 0.29) is 12.7 Å². The van der Waals surface area contributed by atoms with Crippen molar-refractivity contribution in [3.05, 3.63) is 47.1 Å². The first-order valence-corrected chi connectivity index (χ1v) is 8.95. The third-order valence-corrected chi connectivity index (χ3v) is 4.87. The first-order chi connectivity index (χ1) is 13.2. The van der Waals surface area contributed by atoms with E-state index in [1.54, 1.807) is 24.6 Å². The van der Waals surface area contributed by atoms with E-state index in [9.17, 15) is 4.79 Å². The van der Waals surface area contributed by atoms with E-state index in [1.807, 2.05) is 18.2 Å². The van der Waals surface area contributed by atoms with Crippen LogP contribution in [0.2, 0.25) is 0 Å². The van der Waals surface area contributed by atoms with E-state index >= 15 is 0 Å². The van der Waals surface area contributed by atoms with Crippen molar-refractivity contribution >= 4 is 33.5 Å². The molecule has 9 heteroatoms. The molecular weight excluding hydrogens is 368 g/mol. The number of thiazole rings is 1. The van der Waals surface area contributed by atoms with Crippen molar-refractivity contribution in [3.8, 4) is 22.8 Å². The Labute approximate surface area is 156 Å². The maximum absolute atomic E-state index is 12.9. The molecule has 0 spiro atoms. The van der Waals surface area contributed by atoms with Crippen LogP contribution in [0.25, 0.3) is 22.4 Å². The lowest BCUT2D eigenvalue weighted by molar-refractivity contribution is 0.102. The van der Waals surface area contributed by atoms with E-state index in [0.717, 1.165) is 5.56 Å². The summed E-state index contributed by atoms with van der Waals surface area (Å²) in [4.78, 5) is 21.5. The van der Waals surface area contributed by atoms with Gasteiger partial charge in [0.25, 0.3) is 11.6 Å². The van der Waals surface area contributed by atoms with E-state index in [4.69, 9.17) is 14.0 Å². The van der Waals surface area contributed by atoms with Gasteiger partial charge in [-0.1, -0.05) is 5.16 Å². The third-order valence-electron chi connectivity index (χ3n) is 4.18. The van der Waals surface area contributed by atoms with E-state index in [0.29, 0.717) is 44.7 Å². The Hall–Kier alpha value is -3.46. The molecule has 0 bridgehead atoms. The van der Waals surface area contributed by atoms with Gasteiger partial charge in [0.05, 0.1) is 22.3 Å². The highest BCUT2D eigenvalue weighted by molar-refractivity contribution is 7.13. The Kier molecular flexibility index (Phi) is 3.54. The van der Waals surface area contributed by atoms with E-state index in [1.165, 1.54) is 11.3 Å². The number of ether oxygens (including phenoxy) is 2. The average Bonchev–Trinajstić information content (AvgIpc) is 3.42. The van der Waals surface area contributed by atoms with Gasteiger partial charge in [-0.25, -0.2) is 9.97 Å². The number of carbonyl (C=O) groups excluding carboxylic acids is 1. The summed E-state index contributed by atoms with van der Waals surface area (Å²) < 4.78 is 16.1. The minimum Gasteiger partial charge on any atom is -0.454 e. The predicted molar refractivity (Wildman–Crippen MR) is 98.2 cm³/mol. The molecule has 1 amide bonds. The predicted octanol–water partition coefficient (Wildman–Crippen LogP) is 3.64. The van der Waals surface area contributed by atoms with Crippen LogP contribution in [-0.2, 0) is 0 Å². The summed E-state index contributed by atoms with van der Waals surface area (Å²) in [7, 11) is 0. The SMILES string of the molecule is Cc1noc2nc(-c3ccc4c(c3)OCO4)cc(C(=O)Nc3nccs3)c12. The van der Waals surface area contributed by atoms with Crippen molar-refractivity contribution in [2.24, 2.45) is 0 Å². The first-order valence-electron chi connectivity index (χ1n) is 8.07. The van der Waals surface area contributed by atoms with Crippen molar-refractivity contribution in [1.29, 1.82) is 0 Å². The largest absolute Gasteiger partial charge is 0.454 e. The molecule has 4 aromatic rings. The lowest BCUT2D eigenvalue weighted by Crippen LogP contribution is -2.13. The number of pyridine rings is 1. The molecule has 27 heavy (non-hydrogen) atoms. The van der Waals surface area contributed by atoms with Gasteiger partial charge in [0.1, 0.15) is 0 Å². The van der Waals surface area contributed by atoms with Gasteiger partial charge in [0.15, 0.2) is 16.6 Å². The molecule has 1 aliphatic heterocycles. The average molecular weight is 380 g/mol. The monoisotopic (exact) mass is 380 g/mol. The van der Waals surface area contributed by atoms with Crippen LogP contribution in [0.1, 0.15) is 16.1 Å². The van der Waals surface area contributed by atoms with Gasteiger partial charge in [-0.2, -0.15) is 0 Å². The van der Waals surface area contributed by atoms with Crippen LogP contribution in [0.5, 0.6) is 11.5 Å². The number of benzene rings is 1. The number of aryl methyl sites for hydroxylation is 1. The number of anilines is 1. The smallest absolute Gasteiger partial charge is 0.259 e. The highest BCUT2D eigenvalue weighted by Gasteiger charge is 2.21. The van der Waals surface area contributed by atoms with Crippen LogP contribution < -0.4 is 14.8 Å². The molecule has 1 aromatic carbocycles. The maximum atomic E-state index is 12.9. The number of hydrogen-bond donors (Lipinski definition) is 1. The second kappa shape index (κ2) is 6.06. The van der Waals surface area contributed by atoms with Crippen molar-refractivity contribution in [2.75, 3.05) is 12.1 Å². The Morgan fingerprint density at radius 3 is 2.96 bits per heavy atom. The zero-order valence-corrected chi connectivity index (χ0v) is 14.9. The number of rotatable bonds is 3.